The zero-order valence-corrected chi connectivity index (χ0v) is 15.5. The monoisotopic (exact) mass is 354 g/mol. The van der Waals surface area contributed by atoms with Gasteiger partial charge in [-0.2, -0.15) is 0 Å². The van der Waals surface area contributed by atoms with Crippen molar-refractivity contribution >= 4 is 30.7 Å². The van der Waals surface area contributed by atoms with Gasteiger partial charge in [-0.3, -0.25) is 9.69 Å². The van der Waals surface area contributed by atoms with Crippen LogP contribution in [0.4, 0.5) is 0 Å². The zero-order valence-electron chi connectivity index (χ0n) is 13.8. The van der Waals surface area contributed by atoms with Crippen molar-refractivity contribution < 1.29 is 4.79 Å². The van der Waals surface area contributed by atoms with Gasteiger partial charge in [0.25, 0.3) is 0 Å². The lowest BCUT2D eigenvalue weighted by atomic mass is 10.0. The minimum absolute atomic E-state index is 0. The molecule has 0 aromatic carbocycles. The smallest absolute Gasteiger partial charge is 0.234 e. The number of nitrogens with zero attached hydrogens (tertiary/aromatic N) is 2. The molecule has 2 heterocycles. The fraction of sp³-hybridized carbons (Fsp3) is 0.933. The third-order valence-electron chi connectivity index (χ3n) is 4.42. The van der Waals surface area contributed by atoms with E-state index in [0.717, 1.165) is 58.5 Å². The topological polar surface area (TPSA) is 47.6 Å². The van der Waals surface area contributed by atoms with Gasteiger partial charge >= 0.3 is 0 Å². The summed E-state index contributed by atoms with van der Waals surface area (Å²) in [5.74, 6) is 0.204. The van der Waals surface area contributed by atoms with Crippen molar-refractivity contribution in [3.05, 3.63) is 0 Å². The molecule has 0 bridgehead atoms. The van der Waals surface area contributed by atoms with E-state index in [1.165, 1.54) is 0 Å². The van der Waals surface area contributed by atoms with Crippen molar-refractivity contribution in [2.24, 2.45) is 0 Å². The molecule has 0 atom stereocenters. The summed E-state index contributed by atoms with van der Waals surface area (Å²) in [6, 6.07) is 0.999. The van der Waals surface area contributed by atoms with Crippen molar-refractivity contribution in [2.75, 3.05) is 45.8 Å². The molecule has 2 aliphatic heterocycles. The molecule has 2 saturated heterocycles. The first-order valence-corrected chi connectivity index (χ1v) is 8.11. The largest absolute Gasteiger partial charge is 0.352 e. The van der Waals surface area contributed by atoms with E-state index in [2.05, 4.69) is 34.3 Å². The lowest BCUT2D eigenvalue weighted by Crippen LogP contribution is -2.49. The Morgan fingerprint density at radius 1 is 1.14 bits per heavy atom. The molecule has 2 rings (SSSR count). The molecule has 22 heavy (non-hydrogen) atoms. The van der Waals surface area contributed by atoms with Crippen molar-refractivity contribution in [2.45, 2.75) is 45.2 Å². The summed E-state index contributed by atoms with van der Waals surface area (Å²) in [6.45, 7) is 11.4. The van der Waals surface area contributed by atoms with Crippen LogP contribution in [0.1, 0.15) is 33.1 Å². The highest BCUT2D eigenvalue weighted by Gasteiger charge is 2.22. The molecule has 0 aliphatic carbocycles. The maximum atomic E-state index is 12.1. The molecule has 132 valence electrons. The Bertz CT molecular complexity index is 302. The third kappa shape index (κ3) is 7.47. The second-order valence-electron chi connectivity index (χ2n) is 6.35. The van der Waals surface area contributed by atoms with E-state index in [0.29, 0.717) is 18.6 Å². The molecule has 5 nitrogen and oxygen atoms in total. The molecule has 0 spiro atoms. The third-order valence-corrected chi connectivity index (χ3v) is 4.42. The number of nitrogens with one attached hydrogen (secondary N) is 2. The molecule has 0 aromatic heterocycles. The number of carbonyl (C=O) groups is 1. The predicted molar refractivity (Wildman–Crippen MR) is 96.3 cm³/mol. The van der Waals surface area contributed by atoms with Crippen LogP contribution in [0.3, 0.4) is 0 Å². The highest BCUT2D eigenvalue weighted by Crippen LogP contribution is 2.12. The summed E-state index contributed by atoms with van der Waals surface area (Å²) in [4.78, 5) is 16.9. The van der Waals surface area contributed by atoms with Crippen LogP contribution in [0.25, 0.3) is 0 Å². The number of rotatable bonds is 4. The highest BCUT2D eigenvalue weighted by atomic mass is 35.5. The standard InChI is InChI=1S/C15H30N4O.2ClH/c1-13(2)19-9-4-14(5-10-19)17-15(20)12-18-8-3-6-16-7-11-18;;/h13-14,16H,3-12H2,1-2H3,(H,17,20);2*1H. The van der Waals surface area contributed by atoms with Crippen LogP contribution in [0.2, 0.25) is 0 Å². The van der Waals surface area contributed by atoms with Crippen LogP contribution in [0.5, 0.6) is 0 Å². The lowest BCUT2D eigenvalue weighted by molar-refractivity contribution is -0.123. The van der Waals surface area contributed by atoms with Gasteiger partial charge in [-0.1, -0.05) is 0 Å². The first-order valence-electron chi connectivity index (χ1n) is 8.11. The predicted octanol–water partition coefficient (Wildman–Crippen LogP) is 1.11. The van der Waals surface area contributed by atoms with E-state index in [1.54, 1.807) is 0 Å². The van der Waals surface area contributed by atoms with E-state index in [1.807, 2.05) is 0 Å². The molecule has 2 aliphatic rings. The quantitative estimate of drug-likeness (QED) is 0.793. The average Bonchev–Trinajstić information content (AvgIpc) is 2.68. The van der Waals surface area contributed by atoms with Gasteiger partial charge in [-0.25, -0.2) is 0 Å². The van der Waals surface area contributed by atoms with Crippen molar-refractivity contribution in [1.29, 1.82) is 0 Å². The molecular weight excluding hydrogens is 323 g/mol. The maximum Gasteiger partial charge on any atom is 0.234 e. The minimum atomic E-state index is 0. The molecule has 0 radical (unpaired) electrons. The highest BCUT2D eigenvalue weighted by molar-refractivity contribution is 5.85. The van der Waals surface area contributed by atoms with E-state index < -0.39 is 0 Å². The Hall–Kier alpha value is -0.0700. The molecule has 7 heteroatoms. The number of piperidine rings is 1. The van der Waals surface area contributed by atoms with E-state index in [4.69, 9.17) is 0 Å². The molecule has 0 aromatic rings. The normalized spacial score (nSPS) is 21.6. The number of amides is 1. The summed E-state index contributed by atoms with van der Waals surface area (Å²) in [5, 5.41) is 6.59. The maximum absolute atomic E-state index is 12.1. The summed E-state index contributed by atoms with van der Waals surface area (Å²) in [5.41, 5.74) is 0. The molecule has 1 amide bonds. The molecule has 0 saturated carbocycles. The number of halogens is 2. The number of carbonyl (C=O) groups excluding carboxylic acids is 1. The lowest BCUT2D eigenvalue weighted by Gasteiger charge is -2.35. The summed E-state index contributed by atoms with van der Waals surface area (Å²) < 4.78 is 0. The van der Waals surface area contributed by atoms with Gasteiger partial charge in [0.2, 0.25) is 5.91 Å². The van der Waals surface area contributed by atoms with Gasteiger partial charge in [0, 0.05) is 38.3 Å². The SMILES string of the molecule is CC(C)N1CCC(NC(=O)CN2CCCNCC2)CC1.Cl.Cl. The van der Waals surface area contributed by atoms with E-state index in [9.17, 15) is 4.79 Å². The summed E-state index contributed by atoms with van der Waals surface area (Å²) >= 11 is 0. The number of hydrogen-bond acceptors (Lipinski definition) is 4. The number of likely N-dealkylation sites (tertiary alicyclic amines) is 1. The Labute approximate surface area is 147 Å². The van der Waals surface area contributed by atoms with Crippen molar-refractivity contribution in [3.8, 4) is 0 Å². The molecule has 2 N–H and O–H groups in total. The fourth-order valence-electron chi connectivity index (χ4n) is 3.10. The average molecular weight is 355 g/mol. The van der Waals surface area contributed by atoms with Gasteiger partial charge in [0.05, 0.1) is 6.54 Å². The van der Waals surface area contributed by atoms with Crippen molar-refractivity contribution in [1.82, 2.24) is 20.4 Å². The Morgan fingerprint density at radius 2 is 1.82 bits per heavy atom. The van der Waals surface area contributed by atoms with Crippen molar-refractivity contribution in [3.63, 3.8) is 0 Å². The van der Waals surface area contributed by atoms with Crippen LogP contribution in [-0.4, -0.2) is 73.6 Å². The summed E-state index contributed by atoms with van der Waals surface area (Å²) in [6.07, 6.45) is 3.32. The first-order chi connectivity index (χ1) is 9.65. The van der Waals surface area contributed by atoms with Crippen LogP contribution < -0.4 is 10.6 Å². The van der Waals surface area contributed by atoms with Gasteiger partial charge in [0.1, 0.15) is 0 Å². The van der Waals surface area contributed by atoms with E-state index in [-0.39, 0.29) is 30.7 Å². The molecule has 0 unspecified atom stereocenters. The minimum Gasteiger partial charge on any atom is -0.352 e. The Morgan fingerprint density at radius 3 is 2.45 bits per heavy atom. The van der Waals surface area contributed by atoms with Gasteiger partial charge in [-0.15, -0.1) is 24.8 Å². The second-order valence-corrected chi connectivity index (χ2v) is 6.35. The van der Waals surface area contributed by atoms with Gasteiger partial charge in [0.15, 0.2) is 0 Å². The van der Waals surface area contributed by atoms with Crippen LogP contribution >= 0.6 is 24.8 Å². The van der Waals surface area contributed by atoms with Crippen LogP contribution in [-0.2, 0) is 4.79 Å². The van der Waals surface area contributed by atoms with Crippen LogP contribution in [0, 0.1) is 0 Å². The van der Waals surface area contributed by atoms with Gasteiger partial charge in [-0.05, 0) is 46.2 Å². The summed E-state index contributed by atoms with van der Waals surface area (Å²) in [7, 11) is 0. The van der Waals surface area contributed by atoms with Gasteiger partial charge < -0.3 is 15.5 Å². The second kappa shape index (κ2) is 11.5. The Kier molecular flexibility index (Phi) is 11.4. The van der Waals surface area contributed by atoms with Crippen LogP contribution in [0.15, 0.2) is 0 Å². The number of hydrogen-bond donors (Lipinski definition) is 2. The first kappa shape index (κ1) is 21.9. The molecule has 2 fully saturated rings. The van der Waals surface area contributed by atoms with E-state index >= 15 is 0 Å². The Balaban J connectivity index is 0.00000220. The fourth-order valence-corrected chi connectivity index (χ4v) is 3.10. The zero-order chi connectivity index (χ0) is 14.4. The molecular formula is C15H32Cl2N4O.